The third kappa shape index (κ3) is 5.11. The molecule has 0 aromatic heterocycles. The lowest BCUT2D eigenvalue weighted by Gasteiger charge is -2.10. The Kier molecular flexibility index (Phi) is 6.71. The van der Waals surface area contributed by atoms with E-state index >= 15 is 0 Å². The molecular weight excluding hydrogens is 330 g/mol. The number of hydrogen-bond acceptors (Lipinski definition) is 3. The molecule has 0 heterocycles. The number of rotatable bonds is 7. The summed E-state index contributed by atoms with van der Waals surface area (Å²) in [4.78, 5) is 11.4. The van der Waals surface area contributed by atoms with Crippen molar-refractivity contribution in [1.82, 2.24) is 5.32 Å². The Morgan fingerprint density at radius 1 is 1.38 bits per heavy atom. The smallest absolute Gasteiger partial charge is 0.337 e. The Balaban J connectivity index is 1.71. The van der Waals surface area contributed by atoms with Crippen LogP contribution in [-0.4, -0.2) is 19.6 Å². The van der Waals surface area contributed by atoms with E-state index in [0.29, 0.717) is 5.56 Å². The van der Waals surface area contributed by atoms with E-state index in [-0.39, 0.29) is 5.97 Å². The topological polar surface area (TPSA) is 38.3 Å². The first-order valence-corrected chi connectivity index (χ1v) is 8.57. The molecule has 3 nitrogen and oxygen atoms in total. The maximum Gasteiger partial charge on any atom is 0.337 e. The molecule has 1 saturated carbocycles. The van der Waals surface area contributed by atoms with Gasteiger partial charge in [0.1, 0.15) is 0 Å². The number of halogens is 1. The maximum absolute atomic E-state index is 11.4. The highest BCUT2D eigenvalue weighted by Crippen LogP contribution is 2.28. The monoisotopic (exact) mass is 353 g/mol. The van der Waals surface area contributed by atoms with Crippen molar-refractivity contribution < 1.29 is 9.53 Å². The van der Waals surface area contributed by atoms with Gasteiger partial charge in [0.25, 0.3) is 0 Å². The molecule has 116 valence electrons. The highest BCUT2D eigenvalue weighted by molar-refractivity contribution is 9.10. The van der Waals surface area contributed by atoms with Crippen molar-refractivity contribution >= 4 is 21.9 Å². The number of carbonyl (C=O) groups is 1. The normalized spacial score (nSPS) is 15.3. The lowest BCUT2D eigenvalue weighted by Crippen LogP contribution is -2.16. The molecule has 0 bridgehead atoms. The number of ether oxygens (including phenoxy) is 1. The van der Waals surface area contributed by atoms with Crippen LogP contribution in [0.15, 0.2) is 22.7 Å². The summed E-state index contributed by atoms with van der Waals surface area (Å²) in [5, 5.41) is 3.48. The number of methoxy groups -OCH3 is 1. The fourth-order valence-corrected chi connectivity index (χ4v) is 3.49. The second kappa shape index (κ2) is 8.54. The molecule has 21 heavy (non-hydrogen) atoms. The van der Waals surface area contributed by atoms with Crippen LogP contribution in [0.3, 0.4) is 0 Å². The largest absolute Gasteiger partial charge is 0.465 e. The average Bonchev–Trinajstić information content (AvgIpc) is 3.00. The minimum absolute atomic E-state index is 0.299. The Morgan fingerprint density at radius 3 is 2.81 bits per heavy atom. The summed E-state index contributed by atoms with van der Waals surface area (Å²) in [6, 6.07) is 5.60. The molecule has 1 aromatic rings. The summed E-state index contributed by atoms with van der Waals surface area (Å²) < 4.78 is 5.67. The predicted octanol–water partition coefficient (Wildman–Crippen LogP) is 4.30. The SMILES string of the molecule is COC(=O)c1ccc(CNCCCC2CCCC2)c(Br)c1. The van der Waals surface area contributed by atoms with Crippen molar-refractivity contribution in [2.24, 2.45) is 5.92 Å². The van der Waals surface area contributed by atoms with Crippen LogP contribution >= 0.6 is 15.9 Å². The van der Waals surface area contributed by atoms with Gasteiger partial charge in [-0.05, 0) is 43.0 Å². The van der Waals surface area contributed by atoms with Crippen molar-refractivity contribution in [3.63, 3.8) is 0 Å². The van der Waals surface area contributed by atoms with E-state index in [0.717, 1.165) is 23.5 Å². The minimum Gasteiger partial charge on any atom is -0.465 e. The van der Waals surface area contributed by atoms with Crippen molar-refractivity contribution in [3.8, 4) is 0 Å². The highest BCUT2D eigenvalue weighted by atomic mass is 79.9. The zero-order valence-corrected chi connectivity index (χ0v) is 14.2. The quantitative estimate of drug-likeness (QED) is 0.586. The fraction of sp³-hybridized carbons (Fsp3) is 0.588. The van der Waals surface area contributed by atoms with Crippen LogP contribution in [-0.2, 0) is 11.3 Å². The average molecular weight is 354 g/mol. The van der Waals surface area contributed by atoms with Crippen LogP contribution in [0.25, 0.3) is 0 Å². The first-order valence-electron chi connectivity index (χ1n) is 7.78. The van der Waals surface area contributed by atoms with Crippen LogP contribution in [0.1, 0.15) is 54.4 Å². The van der Waals surface area contributed by atoms with Gasteiger partial charge in [0.2, 0.25) is 0 Å². The van der Waals surface area contributed by atoms with E-state index < -0.39 is 0 Å². The van der Waals surface area contributed by atoms with E-state index in [9.17, 15) is 4.79 Å². The second-order valence-electron chi connectivity index (χ2n) is 5.77. The lowest BCUT2D eigenvalue weighted by atomic mass is 10.0. The number of esters is 1. The van der Waals surface area contributed by atoms with Crippen LogP contribution < -0.4 is 5.32 Å². The zero-order chi connectivity index (χ0) is 15.1. The Hall–Kier alpha value is -0.870. The molecular formula is C17H24BrNO2. The van der Waals surface area contributed by atoms with Crippen molar-refractivity contribution in [1.29, 1.82) is 0 Å². The molecule has 1 aromatic carbocycles. The van der Waals surface area contributed by atoms with Crippen LogP contribution in [0.4, 0.5) is 0 Å². The summed E-state index contributed by atoms with van der Waals surface area (Å²) in [6.07, 6.45) is 8.33. The molecule has 1 aliphatic rings. The first kappa shape index (κ1) is 16.5. The number of hydrogen-bond donors (Lipinski definition) is 1. The molecule has 1 fully saturated rings. The van der Waals surface area contributed by atoms with E-state index in [1.807, 2.05) is 18.2 Å². The number of benzene rings is 1. The summed E-state index contributed by atoms with van der Waals surface area (Å²) in [5.74, 6) is 0.671. The van der Waals surface area contributed by atoms with Gasteiger partial charge in [-0.1, -0.05) is 47.7 Å². The van der Waals surface area contributed by atoms with Gasteiger partial charge in [0, 0.05) is 11.0 Å². The van der Waals surface area contributed by atoms with Crippen molar-refractivity contribution in [3.05, 3.63) is 33.8 Å². The van der Waals surface area contributed by atoms with Crippen LogP contribution in [0.2, 0.25) is 0 Å². The van der Waals surface area contributed by atoms with Gasteiger partial charge >= 0.3 is 5.97 Å². The molecule has 0 saturated heterocycles. The second-order valence-corrected chi connectivity index (χ2v) is 6.62. The zero-order valence-electron chi connectivity index (χ0n) is 12.7. The molecule has 2 rings (SSSR count). The molecule has 1 aliphatic carbocycles. The summed E-state index contributed by atoms with van der Waals surface area (Å²) in [7, 11) is 1.40. The van der Waals surface area contributed by atoms with Gasteiger partial charge in [0.15, 0.2) is 0 Å². The van der Waals surface area contributed by atoms with E-state index in [1.54, 1.807) is 0 Å². The van der Waals surface area contributed by atoms with Gasteiger partial charge in [-0.25, -0.2) is 4.79 Å². The highest BCUT2D eigenvalue weighted by Gasteiger charge is 2.14. The predicted molar refractivity (Wildman–Crippen MR) is 88.4 cm³/mol. The van der Waals surface area contributed by atoms with Gasteiger partial charge in [-0.3, -0.25) is 0 Å². The molecule has 4 heteroatoms. The number of nitrogens with one attached hydrogen (secondary N) is 1. The molecule has 0 radical (unpaired) electrons. The van der Waals surface area contributed by atoms with Gasteiger partial charge < -0.3 is 10.1 Å². The molecule has 1 N–H and O–H groups in total. The first-order chi connectivity index (χ1) is 10.2. The maximum atomic E-state index is 11.4. The lowest BCUT2D eigenvalue weighted by molar-refractivity contribution is 0.0600. The third-order valence-corrected chi connectivity index (χ3v) is 4.97. The standard InChI is InChI=1S/C17H24BrNO2/c1-21-17(20)14-8-9-15(16(18)11-14)12-19-10-4-7-13-5-2-3-6-13/h8-9,11,13,19H,2-7,10,12H2,1H3. The minimum atomic E-state index is -0.299. The summed E-state index contributed by atoms with van der Waals surface area (Å²) >= 11 is 3.52. The Labute approximate surface area is 135 Å². The fourth-order valence-electron chi connectivity index (χ4n) is 2.97. The Bertz CT molecular complexity index is 470. The summed E-state index contributed by atoms with van der Waals surface area (Å²) in [5.41, 5.74) is 1.75. The molecule has 0 amide bonds. The van der Waals surface area contributed by atoms with Crippen molar-refractivity contribution in [2.45, 2.75) is 45.1 Å². The summed E-state index contributed by atoms with van der Waals surface area (Å²) in [6.45, 7) is 1.88. The van der Waals surface area contributed by atoms with Gasteiger partial charge in [-0.2, -0.15) is 0 Å². The van der Waals surface area contributed by atoms with Gasteiger partial charge in [-0.15, -0.1) is 0 Å². The molecule has 0 spiro atoms. The molecule has 0 unspecified atom stereocenters. The van der Waals surface area contributed by atoms with Gasteiger partial charge in [0.05, 0.1) is 12.7 Å². The van der Waals surface area contributed by atoms with E-state index in [2.05, 4.69) is 21.2 Å². The van der Waals surface area contributed by atoms with E-state index in [4.69, 9.17) is 4.74 Å². The van der Waals surface area contributed by atoms with E-state index in [1.165, 1.54) is 51.2 Å². The van der Waals surface area contributed by atoms with Crippen LogP contribution in [0, 0.1) is 5.92 Å². The molecule has 0 atom stereocenters. The Morgan fingerprint density at radius 2 is 2.14 bits per heavy atom. The number of carbonyl (C=O) groups excluding carboxylic acids is 1. The van der Waals surface area contributed by atoms with Crippen LogP contribution in [0.5, 0.6) is 0 Å². The third-order valence-electron chi connectivity index (χ3n) is 4.23. The molecule has 0 aliphatic heterocycles. The van der Waals surface area contributed by atoms with Crippen molar-refractivity contribution in [2.75, 3.05) is 13.7 Å².